The monoisotopic (exact) mass is 347 g/mol. The zero-order valence-electron chi connectivity index (χ0n) is 12.4. The van der Waals surface area contributed by atoms with Gasteiger partial charge in [0.05, 0.1) is 6.61 Å². The maximum atomic E-state index is 12.0. The molecule has 2 heterocycles. The van der Waals surface area contributed by atoms with Crippen molar-refractivity contribution in [2.75, 3.05) is 12.3 Å². The summed E-state index contributed by atoms with van der Waals surface area (Å²) in [5.74, 6) is -0.0237. The summed E-state index contributed by atoms with van der Waals surface area (Å²) < 4.78 is 1.61. The molecule has 9 nitrogen and oxygen atoms in total. The van der Waals surface area contributed by atoms with E-state index < -0.39 is 12.7 Å². The summed E-state index contributed by atoms with van der Waals surface area (Å²) in [4.78, 5) is 23.5. The first-order valence-electron chi connectivity index (χ1n) is 7.00. The Kier molecular flexibility index (Phi) is 4.58. The predicted molar refractivity (Wildman–Crippen MR) is 90.0 cm³/mol. The third-order valence-electron chi connectivity index (χ3n) is 3.30. The van der Waals surface area contributed by atoms with Crippen molar-refractivity contribution in [3.05, 3.63) is 34.6 Å². The van der Waals surface area contributed by atoms with Gasteiger partial charge in [-0.2, -0.15) is 4.98 Å². The quantitative estimate of drug-likeness (QED) is 0.351. The van der Waals surface area contributed by atoms with Gasteiger partial charge in [-0.05, 0) is 17.6 Å². The molecule has 124 valence electrons. The highest BCUT2D eigenvalue weighted by Crippen LogP contribution is 2.28. The number of nitrogen functional groups attached to an aromatic ring is 1. The molecule has 3 aromatic rings. The number of nitrogens with one attached hydrogen (secondary N) is 1. The van der Waals surface area contributed by atoms with Crippen LogP contribution in [0.25, 0.3) is 11.2 Å². The van der Waals surface area contributed by atoms with Crippen molar-refractivity contribution in [3.8, 4) is 0 Å². The van der Waals surface area contributed by atoms with Crippen molar-refractivity contribution in [1.29, 1.82) is 0 Å². The number of hydrogen-bond acceptors (Lipinski definition) is 8. The molecule has 11 heteroatoms. The van der Waals surface area contributed by atoms with Crippen LogP contribution in [0.15, 0.2) is 39.1 Å². The van der Waals surface area contributed by atoms with Gasteiger partial charge in [-0.3, -0.25) is 9.78 Å². The Morgan fingerprint density at radius 2 is 1.96 bits per heavy atom. The van der Waals surface area contributed by atoms with E-state index in [9.17, 15) is 9.90 Å². The summed E-state index contributed by atoms with van der Waals surface area (Å²) in [5, 5.41) is 28.0. The van der Waals surface area contributed by atoms with Gasteiger partial charge in [-0.15, -0.1) is 0 Å². The molecule has 0 aliphatic rings. The Labute approximate surface area is 140 Å². The zero-order chi connectivity index (χ0) is 17.3. The number of H-pyrrole nitrogens is 1. The maximum Gasteiger partial charge on any atom is 0.488 e. The Morgan fingerprint density at radius 3 is 2.58 bits per heavy atom. The molecule has 24 heavy (non-hydrogen) atoms. The standard InChI is InChI=1S/C13H14BN5O4S/c15-12-17-10-9(11(21)18-12)16-13(19(10)5-6-20)24-8-3-1-7(2-4-8)14(22)23/h1-4,20,22-23H,5-6H2,(H3,15,17,18,21). The summed E-state index contributed by atoms with van der Waals surface area (Å²) >= 11 is 1.26. The highest BCUT2D eigenvalue weighted by atomic mass is 32.2. The van der Waals surface area contributed by atoms with Gasteiger partial charge in [0, 0.05) is 11.4 Å². The number of nitrogens with zero attached hydrogens (tertiary/aromatic N) is 3. The lowest BCUT2D eigenvalue weighted by Gasteiger charge is -2.07. The van der Waals surface area contributed by atoms with Crippen molar-refractivity contribution in [2.24, 2.45) is 0 Å². The van der Waals surface area contributed by atoms with Crippen LogP contribution in [0.3, 0.4) is 0 Å². The van der Waals surface area contributed by atoms with E-state index in [1.165, 1.54) is 11.8 Å². The molecule has 0 fully saturated rings. The lowest BCUT2D eigenvalue weighted by molar-refractivity contribution is 0.273. The van der Waals surface area contributed by atoms with Crippen molar-refractivity contribution in [2.45, 2.75) is 16.6 Å². The molecule has 0 saturated carbocycles. The third-order valence-corrected chi connectivity index (χ3v) is 4.30. The van der Waals surface area contributed by atoms with Crippen molar-refractivity contribution in [1.82, 2.24) is 19.5 Å². The first-order chi connectivity index (χ1) is 11.5. The molecule has 0 aliphatic carbocycles. The number of benzene rings is 1. The number of imidazole rings is 1. The van der Waals surface area contributed by atoms with Crippen LogP contribution in [0.1, 0.15) is 0 Å². The van der Waals surface area contributed by atoms with E-state index in [1.807, 2.05) is 0 Å². The molecule has 1 aromatic carbocycles. The molecule has 0 unspecified atom stereocenters. The predicted octanol–water partition coefficient (Wildman–Crippen LogP) is -1.47. The van der Waals surface area contributed by atoms with E-state index >= 15 is 0 Å². The van der Waals surface area contributed by atoms with Gasteiger partial charge in [0.2, 0.25) is 5.95 Å². The average Bonchev–Trinajstić information content (AvgIpc) is 2.87. The van der Waals surface area contributed by atoms with Gasteiger partial charge < -0.3 is 25.5 Å². The molecule has 0 spiro atoms. The molecule has 0 saturated heterocycles. The number of rotatable bonds is 5. The molecule has 0 amide bonds. The number of nitrogens with two attached hydrogens (primary N) is 1. The second kappa shape index (κ2) is 6.65. The molecule has 2 aromatic heterocycles. The maximum absolute atomic E-state index is 12.0. The van der Waals surface area contributed by atoms with E-state index in [1.54, 1.807) is 28.8 Å². The molecular formula is C13H14BN5O4S. The average molecular weight is 347 g/mol. The summed E-state index contributed by atoms with van der Waals surface area (Å²) in [6, 6.07) is 6.56. The second-order valence-electron chi connectivity index (χ2n) is 4.94. The lowest BCUT2D eigenvalue weighted by Crippen LogP contribution is -2.29. The van der Waals surface area contributed by atoms with Gasteiger partial charge in [-0.1, -0.05) is 23.9 Å². The van der Waals surface area contributed by atoms with E-state index in [4.69, 9.17) is 15.8 Å². The van der Waals surface area contributed by atoms with Gasteiger partial charge in [0.25, 0.3) is 5.56 Å². The van der Waals surface area contributed by atoms with Crippen LogP contribution in [0, 0.1) is 0 Å². The summed E-state index contributed by atoms with van der Waals surface area (Å²) in [6.07, 6.45) is 0. The van der Waals surface area contributed by atoms with Crippen molar-refractivity contribution in [3.63, 3.8) is 0 Å². The zero-order valence-corrected chi connectivity index (χ0v) is 13.2. The molecular weight excluding hydrogens is 333 g/mol. The summed E-state index contributed by atoms with van der Waals surface area (Å²) in [6.45, 7) is 0.0607. The van der Waals surface area contributed by atoms with Crippen molar-refractivity contribution >= 4 is 41.5 Å². The fourth-order valence-corrected chi connectivity index (χ4v) is 3.11. The minimum atomic E-state index is -1.53. The smallest absolute Gasteiger partial charge is 0.423 e. The first kappa shape index (κ1) is 16.5. The van der Waals surface area contributed by atoms with Gasteiger partial charge >= 0.3 is 7.12 Å². The Balaban J connectivity index is 2.03. The van der Waals surface area contributed by atoms with Crippen LogP contribution in [0.4, 0.5) is 5.95 Å². The number of aromatic nitrogens is 4. The van der Waals surface area contributed by atoms with Crippen LogP contribution in [0.5, 0.6) is 0 Å². The molecule has 0 atom stereocenters. The first-order valence-corrected chi connectivity index (χ1v) is 7.82. The highest BCUT2D eigenvalue weighted by molar-refractivity contribution is 7.99. The number of aromatic amines is 1. The Bertz CT molecular complexity index is 924. The fourth-order valence-electron chi connectivity index (χ4n) is 2.20. The van der Waals surface area contributed by atoms with Gasteiger partial charge in [0.1, 0.15) is 0 Å². The number of hydrogen-bond donors (Lipinski definition) is 5. The third kappa shape index (κ3) is 3.15. The normalized spacial score (nSPS) is 11.1. The fraction of sp³-hybridized carbons (Fsp3) is 0.154. The largest absolute Gasteiger partial charge is 0.488 e. The van der Waals surface area contributed by atoms with Crippen LogP contribution >= 0.6 is 11.8 Å². The molecule has 3 rings (SSSR count). The Hall–Kier alpha value is -2.34. The van der Waals surface area contributed by atoms with Crippen LogP contribution in [-0.4, -0.2) is 48.4 Å². The topological polar surface area (TPSA) is 150 Å². The van der Waals surface area contributed by atoms with E-state index in [0.29, 0.717) is 16.3 Å². The van der Waals surface area contributed by atoms with Gasteiger partial charge in [-0.25, -0.2) is 4.98 Å². The van der Waals surface area contributed by atoms with E-state index in [2.05, 4.69) is 15.0 Å². The summed E-state index contributed by atoms with van der Waals surface area (Å²) in [5.41, 5.74) is 5.93. The van der Waals surface area contributed by atoms with Crippen LogP contribution < -0.4 is 16.8 Å². The van der Waals surface area contributed by atoms with Gasteiger partial charge in [0.15, 0.2) is 16.3 Å². The SMILES string of the molecule is Nc1nc2c(nc(Sc3ccc(B(O)O)cc3)n2CCO)c(=O)[nH]1. The Morgan fingerprint density at radius 1 is 1.25 bits per heavy atom. The molecule has 0 bridgehead atoms. The van der Waals surface area contributed by atoms with E-state index in [0.717, 1.165) is 4.90 Å². The van der Waals surface area contributed by atoms with Crippen LogP contribution in [-0.2, 0) is 6.54 Å². The summed E-state index contributed by atoms with van der Waals surface area (Å²) in [7, 11) is -1.53. The number of aliphatic hydroxyl groups is 1. The molecule has 0 aliphatic heterocycles. The minimum absolute atomic E-state index is 0.0237. The number of anilines is 1. The van der Waals surface area contributed by atoms with Crippen LogP contribution in [0.2, 0.25) is 0 Å². The number of aliphatic hydroxyl groups excluding tert-OH is 1. The number of fused-ring (bicyclic) bond motifs is 1. The second-order valence-corrected chi connectivity index (χ2v) is 5.98. The minimum Gasteiger partial charge on any atom is -0.423 e. The van der Waals surface area contributed by atoms with E-state index in [-0.39, 0.29) is 24.6 Å². The van der Waals surface area contributed by atoms with Crippen molar-refractivity contribution < 1.29 is 15.2 Å². The highest BCUT2D eigenvalue weighted by Gasteiger charge is 2.17. The lowest BCUT2D eigenvalue weighted by atomic mass is 9.81. The molecule has 6 N–H and O–H groups in total. The molecule has 0 radical (unpaired) electrons.